The van der Waals surface area contributed by atoms with Crippen LogP contribution in [0, 0.1) is 0 Å². The van der Waals surface area contributed by atoms with Gasteiger partial charge in [-0.3, -0.25) is 9.48 Å². The maximum atomic E-state index is 11.7. The lowest BCUT2D eigenvalue weighted by atomic mass is 10.2. The number of ketones is 1. The van der Waals surface area contributed by atoms with Gasteiger partial charge >= 0.3 is 6.18 Å². The van der Waals surface area contributed by atoms with Crippen LogP contribution in [0.1, 0.15) is 16.9 Å². The summed E-state index contributed by atoms with van der Waals surface area (Å²) in [6, 6.07) is 0. The van der Waals surface area contributed by atoms with E-state index in [1.807, 2.05) is 0 Å². The second-order valence-corrected chi connectivity index (χ2v) is 3.71. The Morgan fingerprint density at radius 2 is 2.24 bits per heavy atom. The summed E-state index contributed by atoms with van der Waals surface area (Å²) in [7, 11) is 1.52. The lowest BCUT2D eigenvalue weighted by Crippen LogP contribution is -2.19. The van der Waals surface area contributed by atoms with Crippen molar-refractivity contribution >= 4 is 17.4 Å². The molecule has 0 aliphatic carbocycles. The normalized spacial score (nSPS) is 11.8. The van der Waals surface area contributed by atoms with Crippen LogP contribution in [0.5, 0.6) is 0 Å². The molecule has 0 fully saturated rings. The average Bonchev–Trinajstić information content (AvgIpc) is 2.52. The van der Waals surface area contributed by atoms with Crippen molar-refractivity contribution in [3.63, 3.8) is 0 Å². The number of hydrogen-bond acceptors (Lipinski definition) is 3. The summed E-state index contributed by atoms with van der Waals surface area (Å²) in [4.78, 5) is 11.6. The molecular formula is C9H10ClF3N2O2. The van der Waals surface area contributed by atoms with Crippen LogP contribution in [-0.4, -0.2) is 35.0 Å². The zero-order valence-corrected chi connectivity index (χ0v) is 9.68. The van der Waals surface area contributed by atoms with Crippen LogP contribution in [-0.2, 0) is 11.8 Å². The Balaban J connectivity index is 2.41. The van der Waals surface area contributed by atoms with Crippen molar-refractivity contribution in [1.82, 2.24) is 9.78 Å². The first-order valence-electron chi connectivity index (χ1n) is 4.66. The Labute approximate surface area is 100 Å². The maximum Gasteiger partial charge on any atom is 0.411 e. The molecule has 0 aliphatic heterocycles. The van der Waals surface area contributed by atoms with Gasteiger partial charge in [-0.05, 0) is 0 Å². The van der Waals surface area contributed by atoms with Gasteiger partial charge in [-0.2, -0.15) is 18.3 Å². The first-order chi connectivity index (χ1) is 7.81. The Hall–Kier alpha value is -1.08. The quantitative estimate of drug-likeness (QED) is 0.609. The molecule has 0 saturated heterocycles. The highest BCUT2D eigenvalue weighted by Crippen LogP contribution is 2.17. The summed E-state index contributed by atoms with van der Waals surface area (Å²) in [5, 5.41) is 3.92. The number of carbonyl (C=O) groups is 1. The number of aryl methyl sites for hydroxylation is 1. The fraction of sp³-hybridized carbons (Fsp3) is 0.556. The number of rotatable bonds is 5. The lowest BCUT2D eigenvalue weighted by molar-refractivity contribution is -0.173. The summed E-state index contributed by atoms with van der Waals surface area (Å²) in [6.07, 6.45) is -3.26. The van der Waals surface area contributed by atoms with Gasteiger partial charge < -0.3 is 4.74 Å². The van der Waals surface area contributed by atoms with Gasteiger partial charge in [-0.25, -0.2) is 0 Å². The summed E-state index contributed by atoms with van der Waals surface area (Å²) < 4.78 is 40.8. The van der Waals surface area contributed by atoms with Crippen LogP contribution in [0.2, 0.25) is 5.02 Å². The molecule has 0 amide bonds. The third kappa shape index (κ3) is 4.35. The molecule has 1 aromatic heterocycles. The van der Waals surface area contributed by atoms with E-state index in [1.54, 1.807) is 0 Å². The number of hydrogen-bond donors (Lipinski definition) is 0. The molecule has 8 heteroatoms. The number of ether oxygens (including phenoxy) is 1. The van der Waals surface area contributed by atoms with E-state index in [-0.39, 0.29) is 23.7 Å². The smallest absolute Gasteiger partial charge is 0.372 e. The van der Waals surface area contributed by atoms with E-state index in [1.165, 1.54) is 17.9 Å². The molecule has 1 heterocycles. The second kappa shape index (κ2) is 5.50. The number of carbonyl (C=O) groups excluding carboxylic acids is 1. The molecular weight excluding hydrogens is 261 g/mol. The van der Waals surface area contributed by atoms with Gasteiger partial charge in [0, 0.05) is 13.5 Å². The topological polar surface area (TPSA) is 44.1 Å². The molecule has 96 valence electrons. The van der Waals surface area contributed by atoms with Crippen molar-refractivity contribution in [2.24, 2.45) is 7.05 Å². The highest BCUT2D eigenvalue weighted by Gasteiger charge is 2.27. The number of Topliss-reactive ketones (excluding diaryl/α,β-unsaturated/α-hetero) is 1. The fourth-order valence-corrected chi connectivity index (χ4v) is 1.47. The monoisotopic (exact) mass is 270 g/mol. The van der Waals surface area contributed by atoms with Crippen LogP contribution >= 0.6 is 11.6 Å². The molecule has 0 atom stereocenters. The lowest BCUT2D eigenvalue weighted by Gasteiger charge is -2.07. The standard InChI is InChI=1S/C9H10ClF3N2O2/c1-15-8(6(10)4-14-15)7(16)2-3-17-5-9(11,12)13/h4H,2-3,5H2,1H3. The Kier molecular flexibility index (Phi) is 4.53. The van der Waals surface area contributed by atoms with E-state index in [0.717, 1.165) is 0 Å². The van der Waals surface area contributed by atoms with Crippen molar-refractivity contribution in [2.75, 3.05) is 13.2 Å². The van der Waals surface area contributed by atoms with Crippen LogP contribution in [0.3, 0.4) is 0 Å². The van der Waals surface area contributed by atoms with Crippen molar-refractivity contribution in [2.45, 2.75) is 12.6 Å². The van der Waals surface area contributed by atoms with E-state index in [4.69, 9.17) is 11.6 Å². The van der Waals surface area contributed by atoms with Gasteiger partial charge in [-0.1, -0.05) is 11.6 Å². The molecule has 1 aromatic rings. The zero-order chi connectivity index (χ0) is 13.1. The predicted octanol–water partition coefficient (Wildman–Crippen LogP) is 2.23. The van der Waals surface area contributed by atoms with Gasteiger partial charge in [0.05, 0.1) is 17.8 Å². The minimum atomic E-state index is -4.38. The van der Waals surface area contributed by atoms with Crippen LogP contribution in [0.4, 0.5) is 13.2 Å². The highest BCUT2D eigenvalue weighted by atomic mass is 35.5. The molecule has 0 aliphatic rings. The molecule has 0 unspecified atom stereocenters. The van der Waals surface area contributed by atoms with Crippen molar-refractivity contribution in [3.8, 4) is 0 Å². The summed E-state index contributed by atoms with van der Waals surface area (Å²) >= 11 is 5.70. The summed E-state index contributed by atoms with van der Waals surface area (Å²) in [5.74, 6) is -0.405. The van der Waals surface area contributed by atoms with Gasteiger partial charge in [0.2, 0.25) is 0 Å². The average molecular weight is 271 g/mol. The van der Waals surface area contributed by atoms with E-state index >= 15 is 0 Å². The SMILES string of the molecule is Cn1ncc(Cl)c1C(=O)CCOCC(F)(F)F. The van der Waals surface area contributed by atoms with Crippen LogP contribution < -0.4 is 0 Å². The van der Waals surface area contributed by atoms with Crippen molar-refractivity contribution in [1.29, 1.82) is 0 Å². The third-order valence-corrected chi connectivity index (χ3v) is 2.17. The predicted molar refractivity (Wildman–Crippen MR) is 54.0 cm³/mol. The van der Waals surface area contributed by atoms with Crippen LogP contribution in [0.25, 0.3) is 0 Å². The molecule has 0 N–H and O–H groups in total. The van der Waals surface area contributed by atoms with E-state index in [0.29, 0.717) is 0 Å². The highest BCUT2D eigenvalue weighted by molar-refractivity contribution is 6.33. The first kappa shape index (κ1) is 14.0. The minimum Gasteiger partial charge on any atom is -0.372 e. The molecule has 1 rings (SSSR count). The molecule has 0 spiro atoms. The van der Waals surface area contributed by atoms with Crippen molar-refractivity contribution in [3.05, 3.63) is 16.9 Å². The summed E-state index contributed by atoms with van der Waals surface area (Å²) in [5.41, 5.74) is 0.169. The van der Waals surface area contributed by atoms with Gasteiger partial charge in [0.1, 0.15) is 12.3 Å². The van der Waals surface area contributed by atoms with Crippen LogP contribution in [0.15, 0.2) is 6.20 Å². The molecule has 0 saturated carbocycles. The van der Waals surface area contributed by atoms with Crippen molar-refractivity contribution < 1.29 is 22.7 Å². The number of aromatic nitrogens is 2. The van der Waals surface area contributed by atoms with E-state index < -0.39 is 18.6 Å². The van der Waals surface area contributed by atoms with Gasteiger partial charge in [0.15, 0.2) is 5.78 Å². The van der Waals surface area contributed by atoms with E-state index in [9.17, 15) is 18.0 Å². The zero-order valence-electron chi connectivity index (χ0n) is 8.92. The molecule has 0 radical (unpaired) electrons. The van der Waals surface area contributed by atoms with Gasteiger partial charge in [-0.15, -0.1) is 0 Å². The Morgan fingerprint density at radius 3 is 2.71 bits per heavy atom. The Morgan fingerprint density at radius 1 is 1.59 bits per heavy atom. The first-order valence-corrected chi connectivity index (χ1v) is 5.04. The molecule has 0 bridgehead atoms. The number of alkyl halides is 3. The minimum absolute atomic E-state index is 0.169. The largest absolute Gasteiger partial charge is 0.411 e. The molecule has 0 aromatic carbocycles. The fourth-order valence-electron chi connectivity index (χ4n) is 1.20. The summed E-state index contributed by atoms with van der Waals surface area (Å²) in [6.45, 7) is -1.67. The Bertz CT molecular complexity index is 384. The molecule has 4 nitrogen and oxygen atoms in total. The number of halogens is 4. The maximum absolute atomic E-state index is 11.7. The second-order valence-electron chi connectivity index (χ2n) is 3.31. The number of nitrogens with zero attached hydrogens (tertiary/aromatic N) is 2. The third-order valence-electron chi connectivity index (χ3n) is 1.90. The van der Waals surface area contributed by atoms with E-state index in [2.05, 4.69) is 9.84 Å². The van der Waals surface area contributed by atoms with Gasteiger partial charge in [0.25, 0.3) is 0 Å². The molecule has 17 heavy (non-hydrogen) atoms.